The van der Waals surface area contributed by atoms with Crippen molar-refractivity contribution in [2.24, 2.45) is 0 Å². The molecule has 2 aromatic rings. The van der Waals surface area contributed by atoms with Crippen molar-refractivity contribution in [3.8, 4) is 22.6 Å². The van der Waals surface area contributed by atoms with Crippen LogP contribution in [0.4, 0.5) is 0 Å². The molecular formula is C16H18O2. The maximum absolute atomic E-state index is 5.56. The number of ether oxygens (including phenoxy) is 2. The summed E-state index contributed by atoms with van der Waals surface area (Å²) >= 11 is 0. The highest BCUT2D eigenvalue weighted by molar-refractivity contribution is 5.64. The molecule has 2 aromatic carbocycles. The summed E-state index contributed by atoms with van der Waals surface area (Å²) in [6.45, 7) is 2.87. The van der Waals surface area contributed by atoms with Crippen LogP contribution in [-0.2, 0) is 0 Å². The van der Waals surface area contributed by atoms with Gasteiger partial charge < -0.3 is 9.47 Å². The Labute approximate surface area is 108 Å². The molecular weight excluding hydrogens is 224 g/mol. The first kappa shape index (κ1) is 12.5. The molecule has 2 rings (SSSR count). The smallest absolute Gasteiger partial charge is 0.119 e. The fourth-order valence-electron chi connectivity index (χ4n) is 1.75. The Bertz CT molecular complexity index is 471. The van der Waals surface area contributed by atoms with E-state index in [1.54, 1.807) is 7.11 Å². The molecule has 0 saturated heterocycles. The summed E-state index contributed by atoms with van der Waals surface area (Å²) in [7, 11) is 1.68. The van der Waals surface area contributed by atoms with Crippen LogP contribution in [0.3, 0.4) is 0 Å². The molecule has 0 amide bonds. The van der Waals surface area contributed by atoms with Crippen molar-refractivity contribution in [1.82, 2.24) is 0 Å². The Morgan fingerprint density at radius 3 is 1.72 bits per heavy atom. The lowest BCUT2D eigenvalue weighted by atomic mass is 10.1. The molecule has 0 aliphatic heterocycles. The van der Waals surface area contributed by atoms with Crippen LogP contribution >= 0.6 is 0 Å². The van der Waals surface area contributed by atoms with E-state index in [4.69, 9.17) is 9.47 Å². The number of methoxy groups -OCH3 is 1. The summed E-state index contributed by atoms with van der Waals surface area (Å²) < 4.78 is 10.7. The highest BCUT2D eigenvalue weighted by Gasteiger charge is 1.99. The van der Waals surface area contributed by atoms with Crippen molar-refractivity contribution in [2.75, 3.05) is 13.7 Å². The quantitative estimate of drug-likeness (QED) is 0.784. The second-order valence-electron chi connectivity index (χ2n) is 4.10. The van der Waals surface area contributed by atoms with E-state index in [-0.39, 0.29) is 0 Å². The number of benzene rings is 2. The molecule has 0 aliphatic carbocycles. The van der Waals surface area contributed by atoms with Crippen LogP contribution in [0.15, 0.2) is 48.5 Å². The van der Waals surface area contributed by atoms with Crippen LogP contribution in [-0.4, -0.2) is 13.7 Å². The second kappa shape index (κ2) is 6.10. The van der Waals surface area contributed by atoms with E-state index >= 15 is 0 Å². The monoisotopic (exact) mass is 242 g/mol. The molecule has 0 fully saturated rings. The molecule has 0 N–H and O–H groups in total. The fraction of sp³-hybridized carbons (Fsp3) is 0.250. The topological polar surface area (TPSA) is 18.5 Å². The number of hydrogen-bond acceptors (Lipinski definition) is 2. The van der Waals surface area contributed by atoms with Gasteiger partial charge in [0, 0.05) is 0 Å². The van der Waals surface area contributed by atoms with Gasteiger partial charge in [-0.15, -0.1) is 0 Å². The van der Waals surface area contributed by atoms with Crippen LogP contribution in [0.1, 0.15) is 13.3 Å². The minimum absolute atomic E-state index is 0.766. The zero-order valence-corrected chi connectivity index (χ0v) is 10.8. The lowest BCUT2D eigenvalue weighted by molar-refractivity contribution is 0.317. The lowest BCUT2D eigenvalue weighted by Crippen LogP contribution is -1.94. The first-order valence-electron chi connectivity index (χ1n) is 6.21. The molecule has 0 heterocycles. The first-order valence-corrected chi connectivity index (χ1v) is 6.21. The van der Waals surface area contributed by atoms with Gasteiger partial charge in [0.1, 0.15) is 11.5 Å². The summed E-state index contributed by atoms with van der Waals surface area (Å²) in [6, 6.07) is 16.2. The van der Waals surface area contributed by atoms with E-state index in [1.165, 1.54) is 11.1 Å². The standard InChI is InChI=1S/C16H18O2/c1-3-12-18-16-10-6-14(7-11-16)13-4-8-15(17-2)9-5-13/h4-11H,3,12H2,1-2H3. The van der Waals surface area contributed by atoms with Gasteiger partial charge in [0.25, 0.3) is 0 Å². The Morgan fingerprint density at radius 1 is 0.778 bits per heavy atom. The van der Waals surface area contributed by atoms with Crippen LogP contribution in [0.5, 0.6) is 11.5 Å². The third-order valence-electron chi connectivity index (χ3n) is 2.75. The predicted octanol–water partition coefficient (Wildman–Crippen LogP) is 4.15. The average molecular weight is 242 g/mol. The van der Waals surface area contributed by atoms with Crippen molar-refractivity contribution in [3.63, 3.8) is 0 Å². The van der Waals surface area contributed by atoms with E-state index in [2.05, 4.69) is 31.2 Å². The van der Waals surface area contributed by atoms with Crippen molar-refractivity contribution >= 4 is 0 Å². The van der Waals surface area contributed by atoms with Gasteiger partial charge >= 0.3 is 0 Å². The van der Waals surface area contributed by atoms with Crippen LogP contribution in [0, 0.1) is 0 Å². The van der Waals surface area contributed by atoms with Gasteiger partial charge in [-0.3, -0.25) is 0 Å². The van der Waals surface area contributed by atoms with Crippen molar-refractivity contribution in [3.05, 3.63) is 48.5 Å². The Balaban J connectivity index is 2.12. The summed E-state index contributed by atoms with van der Waals surface area (Å²) in [5, 5.41) is 0. The number of rotatable bonds is 5. The molecule has 0 unspecified atom stereocenters. The van der Waals surface area contributed by atoms with Gasteiger partial charge in [0.15, 0.2) is 0 Å². The number of hydrogen-bond donors (Lipinski definition) is 0. The maximum Gasteiger partial charge on any atom is 0.119 e. The molecule has 0 spiro atoms. The first-order chi connectivity index (χ1) is 8.83. The minimum Gasteiger partial charge on any atom is -0.497 e. The van der Waals surface area contributed by atoms with Crippen molar-refractivity contribution < 1.29 is 9.47 Å². The van der Waals surface area contributed by atoms with Crippen LogP contribution in [0.2, 0.25) is 0 Å². The normalized spacial score (nSPS) is 10.1. The highest BCUT2D eigenvalue weighted by Crippen LogP contribution is 2.24. The van der Waals surface area contributed by atoms with Gasteiger partial charge in [-0.1, -0.05) is 31.2 Å². The van der Waals surface area contributed by atoms with Crippen molar-refractivity contribution in [2.45, 2.75) is 13.3 Å². The molecule has 94 valence electrons. The summed E-state index contributed by atoms with van der Waals surface area (Å²) in [5.41, 5.74) is 2.36. The molecule has 18 heavy (non-hydrogen) atoms. The molecule has 0 bridgehead atoms. The van der Waals surface area contributed by atoms with Gasteiger partial charge in [0.05, 0.1) is 13.7 Å². The average Bonchev–Trinajstić information content (AvgIpc) is 2.46. The van der Waals surface area contributed by atoms with E-state index in [0.717, 1.165) is 24.5 Å². The zero-order valence-electron chi connectivity index (χ0n) is 10.8. The minimum atomic E-state index is 0.766. The van der Waals surface area contributed by atoms with E-state index in [1.807, 2.05) is 24.3 Å². The molecule has 0 aromatic heterocycles. The van der Waals surface area contributed by atoms with Crippen LogP contribution < -0.4 is 9.47 Å². The summed E-state index contributed by atoms with van der Waals surface area (Å²) in [4.78, 5) is 0. The predicted molar refractivity (Wildman–Crippen MR) is 74.2 cm³/mol. The SMILES string of the molecule is CCCOc1ccc(-c2ccc(OC)cc2)cc1. The van der Waals surface area contributed by atoms with Gasteiger partial charge in [0.2, 0.25) is 0 Å². The van der Waals surface area contributed by atoms with Gasteiger partial charge in [-0.05, 0) is 41.8 Å². The summed E-state index contributed by atoms with van der Waals surface area (Å²) in [5.74, 6) is 1.80. The van der Waals surface area contributed by atoms with E-state index < -0.39 is 0 Å². The van der Waals surface area contributed by atoms with Gasteiger partial charge in [-0.25, -0.2) is 0 Å². The van der Waals surface area contributed by atoms with Gasteiger partial charge in [-0.2, -0.15) is 0 Å². The highest BCUT2D eigenvalue weighted by atomic mass is 16.5. The molecule has 0 radical (unpaired) electrons. The Kier molecular flexibility index (Phi) is 4.24. The third kappa shape index (κ3) is 3.04. The van der Waals surface area contributed by atoms with E-state index in [9.17, 15) is 0 Å². The molecule has 0 atom stereocenters. The Morgan fingerprint density at radius 2 is 1.28 bits per heavy atom. The lowest BCUT2D eigenvalue weighted by Gasteiger charge is -2.07. The Hall–Kier alpha value is -1.96. The summed E-state index contributed by atoms with van der Waals surface area (Å²) in [6.07, 6.45) is 1.03. The van der Waals surface area contributed by atoms with Crippen molar-refractivity contribution in [1.29, 1.82) is 0 Å². The second-order valence-corrected chi connectivity index (χ2v) is 4.10. The fourth-order valence-corrected chi connectivity index (χ4v) is 1.75. The largest absolute Gasteiger partial charge is 0.497 e. The zero-order chi connectivity index (χ0) is 12.8. The third-order valence-corrected chi connectivity index (χ3v) is 2.75. The molecule has 0 saturated carbocycles. The molecule has 2 heteroatoms. The van der Waals surface area contributed by atoms with Crippen LogP contribution in [0.25, 0.3) is 11.1 Å². The maximum atomic E-state index is 5.56. The molecule has 2 nitrogen and oxygen atoms in total. The van der Waals surface area contributed by atoms with E-state index in [0.29, 0.717) is 0 Å². The molecule has 0 aliphatic rings.